The van der Waals surface area contributed by atoms with Crippen molar-refractivity contribution in [2.45, 2.75) is 52.0 Å². The van der Waals surface area contributed by atoms with Gasteiger partial charge in [0, 0.05) is 6.04 Å². The van der Waals surface area contributed by atoms with Gasteiger partial charge in [-0.1, -0.05) is 45.2 Å². The summed E-state index contributed by atoms with van der Waals surface area (Å²) in [6.45, 7) is 5.56. The van der Waals surface area contributed by atoms with E-state index in [0.717, 1.165) is 24.1 Å². The lowest BCUT2D eigenvalue weighted by Crippen LogP contribution is -2.31. The average molecular weight is 275 g/mol. The molecule has 112 valence electrons. The second-order valence-electron chi connectivity index (χ2n) is 6.00. The Labute approximate surface area is 123 Å². The SMILES string of the molecule is CCNC(c1ccc(OC)cc1)C1CCC(CC)CC1. The molecule has 1 aliphatic carbocycles. The predicted molar refractivity (Wildman–Crippen MR) is 85.2 cm³/mol. The Balaban J connectivity index is 2.06. The second kappa shape index (κ2) is 7.68. The Hall–Kier alpha value is -1.02. The highest BCUT2D eigenvalue weighted by molar-refractivity contribution is 5.29. The summed E-state index contributed by atoms with van der Waals surface area (Å²) < 4.78 is 5.26. The molecule has 0 heterocycles. The first-order valence-electron chi connectivity index (χ1n) is 8.15. The summed E-state index contributed by atoms with van der Waals surface area (Å²) in [7, 11) is 1.73. The molecule has 1 saturated carbocycles. The van der Waals surface area contributed by atoms with Gasteiger partial charge in [0.2, 0.25) is 0 Å². The Morgan fingerprint density at radius 3 is 2.25 bits per heavy atom. The number of nitrogens with one attached hydrogen (secondary N) is 1. The Kier molecular flexibility index (Phi) is 5.90. The van der Waals surface area contributed by atoms with Gasteiger partial charge < -0.3 is 10.1 Å². The fraction of sp³-hybridized carbons (Fsp3) is 0.667. The van der Waals surface area contributed by atoms with E-state index in [1.54, 1.807) is 7.11 Å². The topological polar surface area (TPSA) is 21.3 Å². The van der Waals surface area contributed by atoms with E-state index in [9.17, 15) is 0 Å². The van der Waals surface area contributed by atoms with Crippen LogP contribution in [0, 0.1) is 11.8 Å². The highest BCUT2D eigenvalue weighted by atomic mass is 16.5. The van der Waals surface area contributed by atoms with E-state index in [1.807, 2.05) is 0 Å². The molecule has 0 bridgehead atoms. The first-order chi connectivity index (χ1) is 9.78. The van der Waals surface area contributed by atoms with Crippen molar-refractivity contribution >= 4 is 0 Å². The summed E-state index contributed by atoms with van der Waals surface area (Å²) in [6, 6.07) is 9.11. The lowest BCUT2D eigenvalue weighted by Gasteiger charge is -2.34. The van der Waals surface area contributed by atoms with Gasteiger partial charge in [-0.3, -0.25) is 0 Å². The van der Waals surface area contributed by atoms with Crippen LogP contribution in [-0.2, 0) is 0 Å². The highest BCUT2D eigenvalue weighted by Crippen LogP contribution is 2.38. The molecule has 0 amide bonds. The van der Waals surface area contributed by atoms with Gasteiger partial charge in [0.25, 0.3) is 0 Å². The summed E-state index contributed by atoms with van der Waals surface area (Å²) in [5.74, 6) is 2.69. The molecule has 1 N–H and O–H groups in total. The van der Waals surface area contributed by atoms with Crippen LogP contribution in [0.1, 0.15) is 57.6 Å². The minimum absolute atomic E-state index is 0.503. The molecule has 0 aromatic heterocycles. The van der Waals surface area contributed by atoms with E-state index in [-0.39, 0.29) is 0 Å². The molecule has 2 nitrogen and oxygen atoms in total. The quantitative estimate of drug-likeness (QED) is 0.821. The first-order valence-corrected chi connectivity index (χ1v) is 8.15. The zero-order valence-corrected chi connectivity index (χ0v) is 13.2. The van der Waals surface area contributed by atoms with Crippen LogP contribution < -0.4 is 10.1 Å². The number of methoxy groups -OCH3 is 1. The second-order valence-corrected chi connectivity index (χ2v) is 6.00. The van der Waals surface area contributed by atoms with Crippen LogP contribution in [0.3, 0.4) is 0 Å². The molecule has 0 radical (unpaired) electrons. The number of benzene rings is 1. The molecule has 20 heavy (non-hydrogen) atoms. The maximum atomic E-state index is 5.26. The largest absolute Gasteiger partial charge is 0.497 e. The fourth-order valence-electron chi connectivity index (χ4n) is 3.52. The van der Waals surface area contributed by atoms with Crippen LogP contribution in [0.4, 0.5) is 0 Å². The van der Waals surface area contributed by atoms with Crippen molar-refractivity contribution < 1.29 is 4.74 Å². The minimum Gasteiger partial charge on any atom is -0.497 e. The maximum Gasteiger partial charge on any atom is 0.118 e. The van der Waals surface area contributed by atoms with E-state index in [0.29, 0.717) is 6.04 Å². The number of rotatable bonds is 6. The predicted octanol–water partition coefficient (Wildman–Crippen LogP) is 4.56. The molecule has 1 atom stereocenters. The maximum absolute atomic E-state index is 5.26. The molecule has 1 unspecified atom stereocenters. The molecular formula is C18H29NO. The molecule has 2 heteroatoms. The molecule has 0 saturated heterocycles. The standard InChI is InChI=1S/C18H29NO/c1-4-14-6-8-15(9-7-14)18(19-5-2)16-10-12-17(20-3)13-11-16/h10-15,18-19H,4-9H2,1-3H3. The van der Waals surface area contributed by atoms with Gasteiger partial charge in [-0.05, 0) is 48.9 Å². The minimum atomic E-state index is 0.503. The third-order valence-corrected chi connectivity index (χ3v) is 4.84. The van der Waals surface area contributed by atoms with Crippen LogP contribution in [0.5, 0.6) is 5.75 Å². The van der Waals surface area contributed by atoms with Gasteiger partial charge in [0.15, 0.2) is 0 Å². The van der Waals surface area contributed by atoms with Gasteiger partial charge in [0.1, 0.15) is 5.75 Å². The zero-order valence-electron chi connectivity index (χ0n) is 13.2. The van der Waals surface area contributed by atoms with E-state index in [1.165, 1.54) is 37.7 Å². The fourth-order valence-corrected chi connectivity index (χ4v) is 3.52. The Morgan fingerprint density at radius 1 is 1.10 bits per heavy atom. The Morgan fingerprint density at radius 2 is 1.75 bits per heavy atom. The lowest BCUT2D eigenvalue weighted by molar-refractivity contribution is 0.220. The molecule has 0 spiro atoms. The van der Waals surface area contributed by atoms with Crippen molar-refractivity contribution in [2.75, 3.05) is 13.7 Å². The summed E-state index contributed by atoms with van der Waals surface area (Å²) in [6.07, 6.45) is 6.88. The van der Waals surface area contributed by atoms with Gasteiger partial charge in [-0.2, -0.15) is 0 Å². The highest BCUT2D eigenvalue weighted by Gasteiger charge is 2.27. The van der Waals surface area contributed by atoms with Crippen LogP contribution in [0.2, 0.25) is 0 Å². The molecule has 0 aliphatic heterocycles. The van der Waals surface area contributed by atoms with Crippen LogP contribution in [-0.4, -0.2) is 13.7 Å². The molecule has 1 fully saturated rings. The van der Waals surface area contributed by atoms with E-state index < -0.39 is 0 Å². The number of hydrogen-bond acceptors (Lipinski definition) is 2. The van der Waals surface area contributed by atoms with Gasteiger partial charge >= 0.3 is 0 Å². The molecule has 2 rings (SSSR count). The normalized spacial score (nSPS) is 24.4. The van der Waals surface area contributed by atoms with Crippen molar-refractivity contribution in [1.82, 2.24) is 5.32 Å². The average Bonchev–Trinajstić information content (AvgIpc) is 2.53. The van der Waals surface area contributed by atoms with Crippen molar-refractivity contribution in [1.29, 1.82) is 0 Å². The Bertz CT molecular complexity index is 379. The van der Waals surface area contributed by atoms with Crippen LogP contribution in [0.25, 0.3) is 0 Å². The van der Waals surface area contributed by atoms with E-state index in [4.69, 9.17) is 4.74 Å². The molecule has 1 aliphatic rings. The van der Waals surface area contributed by atoms with Gasteiger partial charge in [0.05, 0.1) is 7.11 Å². The number of hydrogen-bond donors (Lipinski definition) is 1. The summed E-state index contributed by atoms with van der Waals surface area (Å²) in [5.41, 5.74) is 1.41. The van der Waals surface area contributed by atoms with Crippen molar-refractivity contribution in [3.63, 3.8) is 0 Å². The summed E-state index contributed by atoms with van der Waals surface area (Å²) >= 11 is 0. The lowest BCUT2D eigenvalue weighted by atomic mass is 9.76. The zero-order chi connectivity index (χ0) is 14.4. The molecule has 1 aromatic carbocycles. The summed E-state index contributed by atoms with van der Waals surface area (Å²) in [4.78, 5) is 0. The summed E-state index contributed by atoms with van der Waals surface area (Å²) in [5, 5.41) is 3.70. The van der Waals surface area contributed by atoms with Gasteiger partial charge in [-0.25, -0.2) is 0 Å². The van der Waals surface area contributed by atoms with Crippen molar-refractivity contribution in [3.05, 3.63) is 29.8 Å². The smallest absolute Gasteiger partial charge is 0.118 e. The van der Waals surface area contributed by atoms with Crippen molar-refractivity contribution in [2.24, 2.45) is 11.8 Å². The third-order valence-electron chi connectivity index (χ3n) is 4.84. The number of ether oxygens (including phenoxy) is 1. The molecule has 1 aromatic rings. The monoisotopic (exact) mass is 275 g/mol. The van der Waals surface area contributed by atoms with Crippen LogP contribution >= 0.6 is 0 Å². The van der Waals surface area contributed by atoms with Crippen LogP contribution in [0.15, 0.2) is 24.3 Å². The molecular weight excluding hydrogens is 246 g/mol. The van der Waals surface area contributed by atoms with Crippen molar-refractivity contribution in [3.8, 4) is 5.75 Å². The first kappa shape index (κ1) is 15.4. The van der Waals surface area contributed by atoms with Gasteiger partial charge in [-0.15, -0.1) is 0 Å². The van der Waals surface area contributed by atoms with E-state index in [2.05, 4.69) is 43.4 Å². The third kappa shape index (κ3) is 3.76. The van der Waals surface area contributed by atoms with E-state index >= 15 is 0 Å².